The van der Waals surface area contributed by atoms with Crippen molar-refractivity contribution in [1.82, 2.24) is 4.90 Å². The summed E-state index contributed by atoms with van der Waals surface area (Å²) in [5, 5.41) is 0. The molecule has 2 aliphatic heterocycles. The van der Waals surface area contributed by atoms with Crippen LogP contribution >= 0.6 is 0 Å². The number of alkyl halides is 2. The second kappa shape index (κ2) is 2.14. The van der Waals surface area contributed by atoms with E-state index >= 15 is 0 Å². The van der Waals surface area contributed by atoms with E-state index in [1.807, 2.05) is 4.90 Å². The Morgan fingerprint density at radius 3 is 2.36 bits per heavy atom. The molecule has 11 heavy (non-hydrogen) atoms. The van der Waals surface area contributed by atoms with E-state index in [0.717, 1.165) is 6.42 Å². The van der Waals surface area contributed by atoms with Crippen LogP contribution in [0.2, 0.25) is 0 Å². The van der Waals surface area contributed by atoms with Crippen molar-refractivity contribution in [2.24, 2.45) is 5.73 Å². The molecule has 0 aromatic heterocycles. The van der Waals surface area contributed by atoms with Crippen LogP contribution in [0, 0.1) is 0 Å². The molecular weight excluding hydrogens is 150 g/mol. The van der Waals surface area contributed by atoms with Gasteiger partial charge in [-0.3, -0.25) is 4.90 Å². The van der Waals surface area contributed by atoms with Gasteiger partial charge in [0.1, 0.15) is 0 Å². The Morgan fingerprint density at radius 2 is 1.91 bits per heavy atom. The average molecular weight is 162 g/mol. The van der Waals surface area contributed by atoms with Gasteiger partial charge in [-0.1, -0.05) is 0 Å². The molecule has 0 spiro atoms. The lowest BCUT2D eigenvalue weighted by Gasteiger charge is -2.54. The minimum atomic E-state index is -2.42. The maximum atomic E-state index is 12.7. The summed E-state index contributed by atoms with van der Waals surface area (Å²) in [6.07, 6.45) is 0.953. The van der Waals surface area contributed by atoms with E-state index in [1.54, 1.807) is 0 Å². The molecule has 2 bridgehead atoms. The highest BCUT2D eigenvalue weighted by Gasteiger charge is 2.52. The fourth-order valence-corrected chi connectivity index (χ4v) is 2.22. The number of halogens is 2. The lowest BCUT2D eigenvalue weighted by molar-refractivity contribution is -0.156. The van der Waals surface area contributed by atoms with Crippen LogP contribution in [0.4, 0.5) is 8.78 Å². The van der Waals surface area contributed by atoms with Gasteiger partial charge in [0.25, 0.3) is 5.92 Å². The van der Waals surface area contributed by atoms with Crippen molar-refractivity contribution in [3.63, 3.8) is 0 Å². The molecule has 2 N–H and O–H groups in total. The lowest BCUT2D eigenvalue weighted by atomic mass is 9.78. The van der Waals surface area contributed by atoms with Crippen molar-refractivity contribution in [1.29, 1.82) is 0 Å². The third-order valence-electron chi connectivity index (χ3n) is 2.76. The number of nitrogens with two attached hydrogens (primary N) is 1. The normalized spacial score (nSPS) is 41.7. The monoisotopic (exact) mass is 162 g/mol. The second-order valence-corrected chi connectivity index (χ2v) is 3.50. The predicted octanol–water partition coefficient (Wildman–Crippen LogP) is 0.775. The number of piperidine rings is 1. The van der Waals surface area contributed by atoms with Gasteiger partial charge in [0, 0.05) is 31.6 Å². The van der Waals surface area contributed by atoms with Crippen LogP contribution in [0.5, 0.6) is 0 Å². The van der Waals surface area contributed by atoms with E-state index in [9.17, 15) is 8.78 Å². The molecule has 0 amide bonds. The maximum absolute atomic E-state index is 12.7. The molecular formula is C7H12F2N2. The van der Waals surface area contributed by atoms with Crippen molar-refractivity contribution in [2.75, 3.05) is 6.67 Å². The number of hydrogen-bond acceptors (Lipinski definition) is 2. The molecule has 4 heteroatoms. The van der Waals surface area contributed by atoms with E-state index in [2.05, 4.69) is 0 Å². The summed E-state index contributed by atoms with van der Waals surface area (Å²) < 4.78 is 25.5. The van der Waals surface area contributed by atoms with Crippen molar-refractivity contribution < 1.29 is 8.78 Å². The first-order chi connectivity index (χ1) is 5.12. The molecule has 1 aliphatic carbocycles. The van der Waals surface area contributed by atoms with E-state index in [1.165, 1.54) is 0 Å². The largest absolute Gasteiger partial charge is 0.318 e. The summed E-state index contributed by atoms with van der Waals surface area (Å²) >= 11 is 0. The van der Waals surface area contributed by atoms with Crippen molar-refractivity contribution in [2.45, 2.75) is 37.3 Å². The smallest absolute Gasteiger partial charge is 0.251 e. The molecule has 2 atom stereocenters. The molecule has 64 valence electrons. The van der Waals surface area contributed by atoms with Gasteiger partial charge in [-0.05, 0) is 6.42 Å². The third-order valence-corrected chi connectivity index (χ3v) is 2.76. The first kappa shape index (κ1) is 7.43. The average Bonchev–Trinajstić information content (AvgIpc) is 1.85. The van der Waals surface area contributed by atoms with Gasteiger partial charge in [0.15, 0.2) is 0 Å². The van der Waals surface area contributed by atoms with E-state index in [4.69, 9.17) is 5.73 Å². The van der Waals surface area contributed by atoms with Gasteiger partial charge in [-0.2, -0.15) is 0 Å². The topological polar surface area (TPSA) is 29.3 Å². The SMILES string of the molecule is NCN1C2CC1CC(F)(F)C2. The summed E-state index contributed by atoms with van der Waals surface area (Å²) in [6.45, 7) is 0.436. The summed E-state index contributed by atoms with van der Waals surface area (Å²) in [5.41, 5.74) is 5.39. The molecule has 0 aromatic carbocycles. The highest BCUT2D eigenvalue weighted by Crippen LogP contribution is 2.45. The Balaban J connectivity index is 2.02. The number of fused-ring (bicyclic) bond motifs is 2. The van der Waals surface area contributed by atoms with Crippen LogP contribution < -0.4 is 5.73 Å². The zero-order chi connectivity index (χ0) is 8.06. The maximum Gasteiger partial charge on any atom is 0.251 e. The summed E-state index contributed by atoms with van der Waals surface area (Å²) in [4.78, 5) is 1.97. The number of rotatable bonds is 1. The zero-order valence-corrected chi connectivity index (χ0v) is 6.26. The molecule has 3 rings (SSSR count). The van der Waals surface area contributed by atoms with Crippen molar-refractivity contribution in [3.05, 3.63) is 0 Å². The third kappa shape index (κ3) is 1.05. The summed E-state index contributed by atoms with van der Waals surface area (Å²) in [6, 6.07) is 0.127. The van der Waals surface area contributed by atoms with Crippen LogP contribution in [0.3, 0.4) is 0 Å². The lowest BCUT2D eigenvalue weighted by Crippen LogP contribution is -2.64. The summed E-state index contributed by atoms with van der Waals surface area (Å²) in [5.74, 6) is -2.42. The number of hydrogen-bond donors (Lipinski definition) is 1. The second-order valence-electron chi connectivity index (χ2n) is 3.50. The Bertz CT molecular complexity index is 158. The molecule has 3 fully saturated rings. The molecule has 2 nitrogen and oxygen atoms in total. The fraction of sp³-hybridized carbons (Fsp3) is 1.00. The first-order valence-electron chi connectivity index (χ1n) is 3.96. The van der Waals surface area contributed by atoms with Crippen LogP contribution in [0.25, 0.3) is 0 Å². The summed E-state index contributed by atoms with van der Waals surface area (Å²) in [7, 11) is 0. The Morgan fingerprint density at radius 1 is 1.36 bits per heavy atom. The molecule has 2 saturated heterocycles. The molecule has 0 radical (unpaired) electrons. The predicted molar refractivity (Wildman–Crippen MR) is 37.3 cm³/mol. The van der Waals surface area contributed by atoms with Gasteiger partial charge in [0.2, 0.25) is 0 Å². The van der Waals surface area contributed by atoms with Crippen molar-refractivity contribution >= 4 is 0 Å². The molecule has 0 aromatic rings. The van der Waals surface area contributed by atoms with Crippen LogP contribution in [-0.2, 0) is 0 Å². The molecule has 2 unspecified atom stereocenters. The molecule has 1 saturated carbocycles. The zero-order valence-electron chi connectivity index (χ0n) is 6.26. The Labute approximate surface area is 64.3 Å². The quantitative estimate of drug-likeness (QED) is 0.617. The van der Waals surface area contributed by atoms with Gasteiger partial charge >= 0.3 is 0 Å². The van der Waals surface area contributed by atoms with Crippen LogP contribution in [0.15, 0.2) is 0 Å². The van der Waals surface area contributed by atoms with E-state index in [-0.39, 0.29) is 24.9 Å². The Hall–Kier alpha value is -0.220. The van der Waals surface area contributed by atoms with Gasteiger partial charge < -0.3 is 5.73 Å². The van der Waals surface area contributed by atoms with Gasteiger partial charge in [-0.25, -0.2) is 8.78 Å². The fourth-order valence-electron chi connectivity index (χ4n) is 2.22. The highest BCUT2D eigenvalue weighted by atomic mass is 19.3. The number of nitrogens with zero attached hydrogens (tertiary/aromatic N) is 1. The van der Waals surface area contributed by atoms with Gasteiger partial charge in [-0.15, -0.1) is 0 Å². The van der Waals surface area contributed by atoms with Gasteiger partial charge in [0.05, 0.1) is 0 Å². The van der Waals surface area contributed by atoms with Crippen LogP contribution in [-0.4, -0.2) is 29.6 Å². The standard InChI is InChI=1S/C7H12F2N2/c8-7(9)2-5-1-6(3-7)11(5)4-10/h5-6H,1-4,10H2. The van der Waals surface area contributed by atoms with E-state index < -0.39 is 5.92 Å². The van der Waals surface area contributed by atoms with Crippen LogP contribution in [0.1, 0.15) is 19.3 Å². The molecule has 2 heterocycles. The highest BCUT2D eigenvalue weighted by molar-refractivity contribution is 5.02. The molecule has 3 aliphatic rings. The Kier molecular flexibility index (Phi) is 1.44. The van der Waals surface area contributed by atoms with E-state index in [0.29, 0.717) is 6.67 Å². The first-order valence-corrected chi connectivity index (χ1v) is 3.96. The van der Waals surface area contributed by atoms with Crippen molar-refractivity contribution in [3.8, 4) is 0 Å². The minimum Gasteiger partial charge on any atom is -0.318 e. The minimum absolute atomic E-state index is 0.0146.